The Kier molecular flexibility index (Phi) is 4.22. The lowest BCUT2D eigenvalue weighted by atomic mass is 9.85. The summed E-state index contributed by atoms with van der Waals surface area (Å²) in [4.78, 5) is 15.1. The molecule has 0 spiro atoms. The van der Waals surface area contributed by atoms with E-state index in [-0.39, 0.29) is 5.91 Å². The van der Waals surface area contributed by atoms with Gasteiger partial charge in [0.05, 0.1) is 10.4 Å². The molecule has 3 N–H and O–H groups in total. The summed E-state index contributed by atoms with van der Waals surface area (Å²) in [6, 6.07) is 0.471. The molecule has 4 nitrogen and oxygen atoms in total. The minimum Gasteiger partial charge on any atom is -0.392 e. The highest BCUT2D eigenvalue weighted by Gasteiger charge is 2.44. The summed E-state index contributed by atoms with van der Waals surface area (Å²) < 4.78 is 0. The highest BCUT2D eigenvalue weighted by atomic mass is 32.1. The zero-order chi connectivity index (χ0) is 13.2. The molecule has 18 heavy (non-hydrogen) atoms. The van der Waals surface area contributed by atoms with E-state index < -0.39 is 5.41 Å². The van der Waals surface area contributed by atoms with Crippen LogP contribution in [0.3, 0.4) is 0 Å². The van der Waals surface area contributed by atoms with Crippen LogP contribution in [0.25, 0.3) is 0 Å². The average molecular weight is 269 g/mol. The summed E-state index contributed by atoms with van der Waals surface area (Å²) in [5.74, 6) is 0.0489. The molecule has 1 atom stereocenters. The molecule has 0 aromatic carbocycles. The monoisotopic (exact) mass is 269 g/mol. The predicted molar refractivity (Wildman–Crippen MR) is 76.3 cm³/mol. The van der Waals surface area contributed by atoms with Crippen molar-refractivity contribution in [1.29, 1.82) is 0 Å². The van der Waals surface area contributed by atoms with Gasteiger partial charge >= 0.3 is 0 Å². The maximum Gasteiger partial charge on any atom is 0.233 e. The maximum atomic E-state index is 12.4. The fraction of sp³-hybridized carbons (Fsp3) is 0.846. The average Bonchev–Trinajstić information content (AvgIpc) is 2.95. The number of hydrogen-bond acceptors (Lipinski definition) is 3. The van der Waals surface area contributed by atoms with E-state index in [0.717, 1.165) is 45.2 Å². The molecule has 102 valence electrons. The number of hydrogen-bond donors (Lipinski definition) is 2. The largest absolute Gasteiger partial charge is 0.392 e. The molecule has 0 radical (unpaired) electrons. The molecule has 2 fully saturated rings. The molecule has 0 bridgehead atoms. The van der Waals surface area contributed by atoms with Crippen molar-refractivity contribution in [3.8, 4) is 0 Å². The Hall–Kier alpha value is -0.680. The normalized spacial score (nSPS) is 27.3. The number of amides is 1. The molecule has 1 saturated carbocycles. The van der Waals surface area contributed by atoms with E-state index in [9.17, 15) is 4.79 Å². The zero-order valence-corrected chi connectivity index (χ0v) is 11.9. The molecule has 1 aliphatic heterocycles. The number of nitrogens with one attached hydrogen (secondary N) is 1. The Labute approximate surface area is 114 Å². The minimum atomic E-state index is -0.563. The topological polar surface area (TPSA) is 58.4 Å². The highest BCUT2D eigenvalue weighted by Crippen LogP contribution is 2.38. The van der Waals surface area contributed by atoms with Crippen molar-refractivity contribution in [2.24, 2.45) is 11.1 Å². The van der Waals surface area contributed by atoms with E-state index in [0.29, 0.717) is 11.0 Å². The number of thiocarbonyl (C=S) groups is 1. The van der Waals surface area contributed by atoms with Crippen LogP contribution in [0.1, 0.15) is 38.5 Å². The van der Waals surface area contributed by atoms with Gasteiger partial charge in [0, 0.05) is 12.6 Å². The lowest BCUT2D eigenvalue weighted by Crippen LogP contribution is -2.49. The van der Waals surface area contributed by atoms with E-state index in [1.54, 1.807) is 0 Å². The van der Waals surface area contributed by atoms with Gasteiger partial charge in [0.1, 0.15) is 0 Å². The van der Waals surface area contributed by atoms with Crippen molar-refractivity contribution in [2.45, 2.75) is 44.6 Å². The van der Waals surface area contributed by atoms with Crippen LogP contribution in [0, 0.1) is 5.41 Å². The predicted octanol–water partition coefficient (Wildman–Crippen LogP) is 1.04. The van der Waals surface area contributed by atoms with Crippen LogP contribution in [0.4, 0.5) is 0 Å². The van der Waals surface area contributed by atoms with Crippen molar-refractivity contribution in [3.63, 3.8) is 0 Å². The first-order valence-electron chi connectivity index (χ1n) is 6.85. The molecule has 0 aromatic rings. The first kappa shape index (κ1) is 13.7. The van der Waals surface area contributed by atoms with E-state index in [1.165, 1.54) is 6.42 Å². The summed E-state index contributed by atoms with van der Waals surface area (Å²) >= 11 is 5.12. The Balaban J connectivity index is 1.92. The molecular weight excluding hydrogens is 246 g/mol. The van der Waals surface area contributed by atoms with Gasteiger partial charge in [-0.3, -0.25) is 4.79 Å². The number of rotatable bonds is 4. The standard InChI is InChI=1S/C13H23N3OS/c1-16-8-4-5-10(16)9-15-12(17)13(11(14)18)6-2-3-7-13/h10H,2-9H2,1H3,(H2,14,18)(H,15,17). The van der Waals surface area contributed by atoms with Gasteiger partial charge in [0.2, 0.25) is 5.91 Å². The first-order valence-corrected chi connectivity index (χ1v) is 7.25. The van der Waals surface area contributed by atoms with Gasteiger partial charge in [-0.25, -0.2) is 0 Å². The Morgan fingerprint density at radius 3 is 2.61 bits per heavy atom. The van der Waals surface area contributed by atoms with Crippen LogP contribution >= 0.6 is 12.2 Å². The van der Waals surface area contributed by atoms with E-state index in [2.05, 4.69) is 17.3 Å². The summed E-state index contributed by atoms with van der Waals surface area (Å²) in [5.41, 5.74) is 5.24. The molecule has 5 heteroatoms. The maximum absolute atomic E-state index is 12.4. The molecule has 2 aliphatic rings. The van der Waals surface area contributed by atoms with E-state index in [4.69, 9.17) is 18.0 Å². The van der Waals surface area contributed by atoms with E-state index in [1.807, 2.05) is 0 Å². The van der Waals surface area contributed by atoms with Crippen LogP contribution in [0.2, 0.25) is 0 Å². The first-order chi connectivity index (χ1) is 8.56. The molecule has 1 aliphatic carbocycles. The molecule has 2 rings (SSSR count). The van der Waals surface area contributed by atoms with Crippen LogP contribution in [0.5, 0.6) is 0 Å². The molecular formula is C13H23N3OS. The smallest absolute Gasteiger partial charge is 0.233 e. The quantitative estimate of drug-likeness (QED) is 0.749. The second kappa shape index (κ2) is 5.53. The van der Waals surface area contributed by atoms with Crippen molar-refractivity contribution in [3.05, 3.63) is 0 Å². The molecule has 1 unspecified atom stereocenters. The van der Waals surface area contributed by atoms with Gasteiger partial charge in [0.25, 0.3) is 0 Å². The summed E-state index contributed by atoms with van der Waals surface area (Å²) in [7, 11) is 2.11. The number of likely N-dealkylation sites (N-methyl/N-ethyl adjacent to an activating group) is 1. The van der Waals surface area contributed by atoms with Gasteiger partial charge in [-0.2, -0.15) is 0 Å². The van der Waals surface area contributed by atoms with E-state index >= 15 is 0 Å². The lowest BCUT2D eigenvalue weighted by molar-refractivity contribution is -0.127. The summed E-state index contributed by atoms with van der Waals surface area (Å²) in [5, 5.41) is 3.07. The fourth-order valence-electron chi connectivity index (χ4n) is 3.18. The number of carbonyl (C=O) groups excluding carboxylic acids is 1. The van der Waals surface area contributed by atoms with Crippen LogP contribution in [0.15, 0.2) is 0 Å². The van der Waals surface area contributed by atoms with Gasteiger partial charge in [-0.05, 0) is 39.3 Å². The van der Waals surface area contributed by atoms with Crippen LogP contribution < -0.4 is 11.1 Å². The third-order valence-electron chi connectivity index (χ3n) is 4.53. The molecule has 1 heterocycles. The van der Waals surface area contributed by atoms with Crippen molar-refractivity contribution in [2.75, 3.05) is 20.1 Å². The van der Waals surface area contributed by atoms with Gasteiger partial charge in [-0.15, -0.1) is 0 Å². The number of nitrogens with zero attached hydrogens (tertiary/aromatic N) is 1. The number of carbonyl (C=O) groups is 1. The zero-order valence-electron chi connectivity index (χ0n) is 11.1. The minimum absolute atomic E-state index is 0.0489. The number of likely N-dealkylation sites (tertiary alicyclic amines) is 1. The third-order valence-corrected chi connectivity index (χ3v) is 4.92. The Morgan fingerprint density at radius 2 is 2.11 bits per heavy atom. The van der Waals surface area contributed by atoms with Crippen molar-refractivity contribution >= 4 is 23.1 Å². The van der Waals surface area contributed by atoms with Crippen LogP contribution in [-0.2, 0) is 4.79 Å². The highest BCUT2D eigenvalue weighted by molar-refractivity contribution is 7.80. The SMILES string of the molecule is CN1CCCC1CNC(=O)C1(C(N)=S)CCCC1. The third kappa shape index (κ3) is 2.52. The molecule has 1 saturated heterocycles. The Morgan fingerprint density at radius 1 is 1.44 bits per heavy atom. The van der Waals surface area contributed by atoms with Crippen LogP contribution in [-0.4, -0.2) is 42.0 Å². The number of nitrogens with two attached hydrogens (primary N) is 1. The molecule has 1 amide bonds. The van der Waals surface area contributed by atoms with Crippen molar-refractivity contribution < 1.29 is 4.79 Å². The summed E-state index contributed by atoms with van der Waals surface area (Å²) in [6.07, 6.45) is 6.11. The lowest BCUT2D eigenvalue weighted by Gasteiger charge is -2.28. The fourth-order valence-corrected chi connectivity index (χ4v) is 3.48. The second-order valence-corrected chi connectivity index (χ2v) is 6.08. The molecule has 0 aromatic heterocycles. The second-order valence-electron chi connectivity index (χ2n) is 5.64. The van der Waals surface area contributed by atoms with Crippen molar-refractivity contribution in [1.82, 2.24) is 10.2 Å². The van der Waals surface area contributed by atoms with Gasteiger partial charge in [-0.1, -0.05) is 25.1 Å². The Bertz CT molecular complexity index is 339. The van der Waals surface area contributed by atoms with Gasteiger partial charge < -0.3 is 16.0 Å². The van der Waals surface area contributed by atoms with Gasteiger partial charge in [0.15, 0.2) is 0 Å². The summed E-state index contributed by atoms with van der Waals surface area (Å²) in [6.45, 7) is 1.85.